The van der Waals surface area contributed by atoms with Crippen LogP contribution in [0.15, 0.2) is 21.9 Å². The van der Waals surface area contributed by atoms with Gasteiger partial charge in [-0.05, 0) is 13.0 Å². The molecule has 0 saturated carbocycles. The van der Waals surface area contributed by atoms with E-state index in [1.165, 1.54) is 25.1 Å². The van der Waals surface area contributed by atoms with Crippen molar-refractivity contribution >= 4 is 17.7 Å². The topological polar surface area (TPSA) is 96.2 Å². The Balaban J connectivity index is 2.09. The minimum atomic E-state index is -0.481. The van der Waals surface area contributed by atoms with Gasteiger partial charge in [0.25, 0.3) is 0 Å². The molecule has 8 heteroatoms. The molecule has 0 fully saturated rings. The smallest absolute Gasteiger partial charge is 0.374 e. The van der Waals surface area contributed by atoms with Gasteiger partial charge in [-0.15, -0.1) is 10.2 Å². The second-order valence-electron chi connectivity index (χ2n) is 4.03. The molecule has 0 saturated heterocycles. The molecule has 2 heterocycles. The number of carbonyl (C=O) groups is 1. The van der Waals surface area contributed by atoms with Crippen molar-refractivity contribution in [2.75, 3.05) is 13.7 Å². The van der Waals surface area contributed by atoms with Crippen molar-refractivity contribution in [2.24, 2.45) is 5.73 Å². The second kappa shape index (κ2) is 6.58. The Morgan fingerprint density at radius 2 is 2.35 bits per heavy atom. The van der Waals surface area contributed by atoms with Crippen molar-refractivity contribution in [2.45, 2.75) is 24.4 Å². The molecule has 2 N–H and O–H groups in total. The maximum atomic E-state index is 11.5. The molecule has 0 amide bonds. The molecule has 7 nitrogen and oxygen atoms in total. The molecule has 0 unspecified atom stereocenters. The number of furan rings is 1. The van der Waals surface area contributed by atoms with Gasteiger partial charge >= 0.3 is 5.97 Å². The summed E-state index contributed by atoms with van der Waals surface area (Å²) >= 11 is 1.47. The van der Waals surface area contributed by atoms with E-state index >= 15 is 0 Å². The first kappa shape index (κ1) is 14.6. The van der Waals surface area contributed by atoms with E-state index in [1.54, 1.807) is 6.07 Å². The van der Waals surface area contributed by atoms with E-state index in [-0.39, 0.29) is 5.76 Å². The summed E-state index contributed by atoms with van der Waals surface area (Å²) in [6, 6.07) is 1.75. The SMILES string of the molecule is COC(=O)c1occc1CSc1nnc(C)n1CCN. The van der Waals surface area contributed by atoms with Gasteiger partial charge in [-0.25, -0.2) is 4.79 Å². The summed E-state index contributed by atoms with van der Waals surface area (Å²) in [7, 11) is 1.32. The average molecular weight is 296 g/mol. The fourth-order valence-corrected chi connectivity index (χ4v) is 2.71. The van der Waals surface area contributed by atoms with E-state index in [2.05, 4.69) is 14.9 Å². The van der Waals surface area contributed by atoms with Crippen LogP contribution >= 0.6 is 11.8 Å². The van der Waals surface area contributed by atoms with Gasteiger partial charge in [0.1, 0.15) is 5.82 Å². The van der Waals surface area contributed by atoms with Crippen molar-refractivity contribution in [1.29, 1.82) is 0 Å². The molecule has 2 rings (SSSR count). The number of nitrogens with two attached hydrogens (primary N) is 1. The highest BCUT2D eigenvalue weighted by Gasteiger charge is 2.17. The van der Waals surface area contributed by atoms with Gasteiger partial charge in [0.15, 0.2) is 5.16 Å². The lowest BCUT2D eigenvalue weighted by atomic mass is 10.3. The first-order chi connectivity index (χ1) is 9.67. The Bertz CT molecular complexity index is 593. The van der Waals surface area contributed by atoms with Crippen molar-refractivity contribution in [3.05, 3.63) is 29.5 Å². The Kier molecular flexibility index (Phi) is 4.80. The Hall–Kier alpha value is -1.80. The third kappa shape index (κ3) is 3.02. The number of esters is 1. The van der Waals surface area contributed by atoms with Crippen LogP contribution < -0.4 is 5.73 Å². The van der Waals surface area contributed by atoms with Gasteiger partial charge in [-0.2, -0.15) is 0 Å². The van der Waals surface area contributed by atoms with Crippen LogP contribution in [0.5, 0.6) is 0 Å². The normalized spacial score (nSPS) is 10.8. The Morgan fingerprint density at radius 1 is 1.55 bits per heavy atom. The van der Waals surface area contributed by atoms with Crippen LogP contribution in [-0.4, -0.2) is 34.4 Å². The molecule has 0 aliphatic rings. The standard InChI is InChI=1S/C12H16N4O3S/c1-8-14-15-12(16(8)5-4-13)20-7-9-3-6-19-10(9)11(17)18-2/h3,6H,4-5,7,13H2,1-2H3. The molecule has 108 valence electrons. The molecule has 2 aromatic heterocycles. The lowest BCUT2D eigenvalue weighted by Gasteiger charge is -2.06. The number of thioether (sulfide) groups is 1. The highest BCUT2D eigenvalue weighted by atomic mass is 32.2. The number of hydrogen-bond donors (Lipinski definition) is 1. The lowest BCUT2D eigenvalue weighted by molar-refractivity contribution is 0.0564. The van der Waals surface area contributed by atoms with Crippen LogP contribution in [0.25, 0.3) is 0 Å². The predicted molar refractivity (Wildman–Crippen MR) is 73.4 cm³/mol. The quantitative estimate of drug-likeness (QED) is 0.632. The molecule has 2 aromatic rings. The van der Waals surface area contributed by atoms with Crippen LogP contribution in [0.3, 0.4) is 0 Å². The first-order valence-corrected chi connectivity index (χ1v) is 7.03. The first-order valence-electron chi connectivity index (χ1n) is 6.04. The summed E-state index contributed by atoms with van der Waals surface area (Å²) < 4.78 is 11.7. The maximum Gasteiger partial charge on any atom is 0.374 e. The molecule has 0 radical (unpaired) electrons. The maximum absolute atomic E-state index is 11.5. The molecule has 0 bridgehead atoms. The molecular weight excluding hydrogens is 280 g/mol. The van der Waals surface area contributed by atoms with Crippen LogP contribution in [0.4, 0.5) is 0 Å². The average Bonchev–Trinajstić information content (AvgIpc) is 3.04. The van der Waals surface area contributed by atoms with Crippen LogP contribution in [-0.2, 0) is 17.0 Å². The summed E-state index contributed by atoms with van der Waals surface area (Å²) in [5.41, 5.74) is 6.33. The van der Waals surface area contributed by atoms with Crippen LogP contribution in [0, 0.1) is 6.92 Å². The van der Waals surface area contributed by atoms with Gasteiger partial charge in [-0.1, -0.05) is 11.8 Å². The molecule has 0 aliphatic heterocycles. The third-order valence-corrected chi connectivity index (χ3v) is 3.74. The van der Waals surface area contributed by atoms with Crippen molar-refractivity contribution in [3.63, 3.8) is 0 Å². The van der Waals surface area contributed by atoms with E-state index in [1.807, 2.05) is 11.5 Å². The molecule has 0 spiro atoms. The zero-order valence-corrected chi connectivity index (χ0v) is 12.1. The number of aryl methyl sites for hydroxylation is 1. The molecule has 0 aromatic carbocycles. The van der Waals surface area contributed by atoms with Gasteiger partial charge < -0.3 is 19.5 Å². The fourth-order valence-electron chi connectivity index (χ4n) is 1.72. The number of rotatable bonds is 6. The molecule has 0 atom stereocenters. The fraction of sp³-hybridized carbons (Fsp3) is 0.417. The van der Waals surface area contributed by atoms with Crippen molar-refractivity contribution in [1.82, 2.24) is 14.8 Å². The summed E-state index contributed by atoms with van der Waals surface area (Å²) in [4.78, 5) is 11.5. The number of nitrogens with zero attached hydrogens (tertiary/aromatic N) is 3. The van der Waals surface area contributed by atoms with Crippen molar-refractivity contribution < 1.29 is 13.9 Å². The number of aromatic nitrogens is 3. The van der Waals surface area contributed by atoms with Gasteiger partial charge in [0.05, 0.1) is 13.4 Å². The van der Waals surface area contributed by atoms with E-state index in [0.717, 1.165) is 16.5 Å². The van der Waals surface area contributed by atoms with E-state index in [4.69, 9.17) is 10.2 Å². The summed E-state index contributed by atoms with van der Waals surface area (Å²) in [6.45, 7) is 3.06. The number of ether oxygens (including phenoxy) is 1. The number of methoxy groups -OCH3 is 1. The minimum absolute atomic E-state index is 0.224. The molecule has 20 heavy (non-hydrogen) atoms. The van der Waals surface area contributed by atoms with Gasteiger partial charge in [-0.3, -0.25) is 0 Å². The summed E-state index contributed by atoms with van der Waals surface area (Å²) in [5.74, 6) is 1.11. The second-order valence-corrected chi connectivity index (χ2v) is 4.97. The number of hydrogen-bond acceptors (Lipinski definition) is 7. The third-order valence-electron chi connectivity index (χ3n) is 2.73. The highest BCUT2D eigenvalue weighted by Crippen LogP contribution is 2.24. The summed E-state index contributed by atoms with van der Waals surface area (Å²) in [6.07, 6.45) is 1.47. The van der Waals surface area contributed by atoms with E-state index < -0.39 is 5.97 Å². The Labute approximate surface area is 120 Å². The zero-order chi connectivity index (χ0) is 14.5. The summed E-state index contributed by atoms with van der Waals surface area (Å²) in [5, 5.41) is 8.90. The van der Waals surface area contributed by atoms with Gasteiger partial charge in [0.2, 0.25) is 5.76 Å². The van der Waals surface area contributed by atoms with E-state index in [0.29, 0.717) is 18.8 Å². The van der Waals surface area contributed by atoms with Crippen LogP contribution in [0.1, 0.15) is 21.9 Å². The van der Waals surface area contributed by atoms with Gasteiger partial charge in [0, 0.05) is 24.4 Å². The Morgan fingerprint density at radius 3 is 3.05 bits per heavy atom. The van der Waals surface area contributed by atoms with E-state index in [9.17, 15) is 4.79 Å². The van der Waals surface area contributed by atoms with Crippen molar-refractivity contribution in [3.8, 4) is 0 Å². The predicted octanol–water partition coefficient (Wildman–Crippen LogP) is 1.22. The molecule has 0 aliphatic carbocycles. The van der Waals surface area contributed by atoms with Crippen LogP contribution in [0.2, 0.25) is 0 Å². The largest absolute Gasteiger partial charge is 0.463 e. The monoisotopic (exact) mass is 296 g/mol. The highest BCUT2D eigenvalue weighted by molar-refractivity contribution is 7.98. The lowest BCUT2D eigenvalue weighted by Crippen LogP contribution is -2.12. The minimum Gasteiger partial charge on any atom is -0.463 e. The molecular formula is C12H16N4O3S. The number of carbonyl (C=O) groups excluding carboxylic acids is 1. The zero-order valence-electron chi connectivity index (χ0n) is 11.3.